The van der Waals surface area contributed by atoms with Crippen molar-refractivity contribution < 1.29 is 9.47 Å². The Balaban J connectivity index is 2.78. The Kier molecular flexibility index (Phi) is 4.05. The average molecular weight is 246 g/mol. The van der Waals surface area contributed by atoms with Gasteiger partial charge in [0, 0.05) is 25.9 Å². The summed E-state index contributed by atoms with van der Waals surface area (Å²) < 4.78 is 11.1. The molecule has 0 saturated heterocycles. The molecule has 1 aromatic rings. The molecule has 0 unspecified atom stereocenters. The van der Waals surface area contributed by atoms with Gasteiger partial charge in [-0.25, -0.2) is 0 Å². The minimum absolute atomic E-state index is 0.256. The smallest absolute Gasteiger partial charge is 0.188 e. The largest absolute Gasteiger partial charge is 0.466 e. The average Bonchev–Trinajstić information content (AvgIpc) is 2.17. The number of methoxy groups -OCH3 is 1. The summed E-state index contributed by atoms with van der Waals surface area (Å²) in [5.74, 6) is 0.772. The zero-order valence-electron chi connectivity index (χ0n) is 7.63. The zero-order chi connectivity index (χ0) is 9.68. The number of ether oxygens (including phenoxy) is 2. The highest BCUT2D eigenvalue weighted by atomic mass is 79.9. The highest BCUT2D eigenvalue weighted by Crippen LogP contribution is 2.27. The molecular formula is C9H12BrNO2. The molecule has 0 bridgehead atoms. The van der Waals surface area contributed by atoms with E-state index < -0.39 is 0 Å². The van der Waals surface area contributed by atoms with E-state index in [1.807, 2.05) is 25.2 Å². The topological polar surface area (TPSA) is 30.5 Å². The first-order chi connectivity index (χ1) is 6.27. The number of rotatable bonds is 4. The summed E-state index contributed by atoms with van der Waals surface area (Å²) in [7, 11) is 3.46. The molecule has 0 amide bonds. The van der Waals surface area contributed by atoms with E-state index in [1.54, 1.807) is 7.11 Å². The van der Waals surface area contributed by atoms with Crippen molar-refractivity contribution in [3.8, 4) is 5.75 Å². The number of hydrogen-bond acceptors (Lipinski definition) is 3. The molecule has 0 aliphatic carbocycles. The Morgan fingerprint density at radius 1 is 1.46 bits per heavy atom. The monoisotopic (exact) mass is 245 g/mol. The molecule has 0 aliphatic heterocycles. The van der Waals surface area contributed by atoms with Crippen LogP contribution in [0.2, 0.25) is 0 Å². The van der Waals surface area contributed by atoms with Crippen LogP contribution in [-0.2, 0) is 4.74 Å². The Hall–Kier alpha value is -0.740. The normalized spacial score (nSPS) is 9.77. The second-order valence-corrected chi connectivity index (χ2v) is 3.30. The fourth-order valence-electron chi connectivity index (χ4n) is 0.892. The first kappa shape index (κ1) is 10.3. The van der Waals surface area contributed by atoms with Gasteiger partial charge in [0.2, 0.25) is 0 Å². The number of hydrogen-bond donors (Lipinski definition) is 1. The summed E-state index contributed by atoms with van der Waals surface area (Å²) in [6.45, 7) is 0.256. The third-order valence-corrected chi connectivity index (χ3v) is 2.21. The summed E-state index contributed by atoms with van der Waals surface area (Å²) in [6, 6.07) is 5.80. The Morgan fingerprint density at radius 3 is 2.85 bits per heavy atom. The molecule has 0 aromatic heterocycles. The standard InChI is InChI=1S/C9H12BrNO2/c1-11-7-3-4-8(10)9(5-7)13-6-12-2/h3-5,11H,6H2,1-2H3. The molecule has 0 atom stereocenters. The molecule has 0 fully saturated rings. The van der Waals surface area contributed by atoms with Gasteiger partial charge in [-0.05, 0) is 28.1 Å². The van der Waals surface area contributed by atoms with Crippen molar-refractivity contribution in [2.45, 2.75) is 0 Å². The molecule has 13 heavy (non-hydrogen) atoms. The summed E-state index contributed by atoms with van der Waals surface area (Å²) in [6.07, 6.45) is 0. The van der Waals surface area contributed by atoms with E-state index in [1.165, 1.54) is 0 Å². The van der Waals surface area contributed by atoms with Crippen LogP contribution in [0.5, 0.6) is 5.75 Å². The molecule has 1 N–H and O–H groups in total. The van der Waals surface area contributed by atoms with Gasteiger partial charge >= 0.3 is 0 Å². The first-order valence-corrected chi connectivity index (χ1v) is 4.66. The van der Waals surface area contributed by atoms with E-state index in [2.05, 4.69) is 21.2 Å². The van der Waals surface area contributed by atoms with Crippen molar-refractivity contribution in [3.05, 3.63) is 22.7 Å². The van der Waals surface area contributed by atoms with Crippen molar-refractivity contribution in [1.29, 1.82) is 0 Å². The zero-order valence-corrected chi connectivity index (χ0v) is 9.22. The lowest BCUT2D eigenvalue weighted by Gasteiger charge is -2.08. The Bertz CT molecular complexity index is 278. The van der Waals surface area contributed by atoms with Gasteiger partial charge in [-0.1, -0.05) is 0 Å². The first-order valence-electron chi connectivity index (χ1n) is 3.87. The van der Waals surface area contributed by atoms with E-state index in [-0.39, 0.29) is 6.79 Å². The third kappa shape index (κ3) is 2.90. The predicted molar refractivity (Wildman–Crippen MR) is 56.2 cm³/mol. The summed E-state index contributed by atoms with van der Waals surface area (Å²) in [5.41, 5.74) is 1.01. The van der Waals surface area contributed by atoms with Crippen LogP contribution in [0.25, 0.3) is 0 Å². The fourth-order valence-corrected chi connectivity index (χ4v) is 1.25. The minimum atomic E-state index is 0.256. The van der Waals surface area contributed by atoms with Crippen molar-refractivity contribution in [2.75, 3.05) is 26.3 Å². The van der Waals surface area contributed by atoms with Gasteiger partial charge in [-0.3, -0.25) is 0 Å². The molecule has 1 rings (SSSR count). The lowest BCUT2D eigenvalue weighted by atomic mass is 10.3. The van der Waals surface area contributed by atoms with E-state index in [0.29, 0.717) is 0 Å². The number of anilines is 1. The lowest BCUT2D eigenvalue weighted by molar-refractivity contribution is 0.0506. The van der Waals surface area contributed by atoms with E-state index in [9.17, 15) is 0 Å². The highest BCUT2D eigenvalue weighted by molar-refractivity contribution is 9.10. The Labute approximate surface area is 86.2 Å². The van der Waals surface area contributed by atoms with Crippen molar-refractivity contribution in [3.63, 3.8) is 0 Å². The predicted octanol–water partition coefficient (Wildman–Crippen LogP) is 2.47. The van der Waals surface area contributed by atoms with Gasteiger partial charge in [-0.2, -0.15) is 0 Å². The number of halogens is 1. The van der Waals surface area contributed by atoms with Crippen LogP contribution in [0.3, 0.4) is 0 Å². The second-order valence-electron chi connectivity index (χ2n) is 2.45. The van der Waals surface area contributed by atoms with Gasteiger partial charge in [0.05, 0.1) is 4.47 Å². The van der Waals surface area contributed by atoms with Crippen molar-refractivity contribution >= 4 is 21.6 Å². The summed E-state index contributed by atoms with van der Waals surface area (Å²) in [4.78, 5) is 0. The summed E-state index contributed by atoms with van der Waals surface area (Å²) >= 11 is 3.38. The quantitative estimate of drug-likeness (QED) is 0.828. The van der Waals surface area contributed by atoms with Gasteiger partial charge in [0.15, 0.2) is 6.79 Å². The van der Waals surface area contributed by atoms with Gasteiger partial charge < -0.3 is 14.8 Å². The maximum absolute atomic E-state index is 5.32. The van der Waals surface area contributed by atoms with Gasteiger partial charge in [-0.15, -0.1) is 0 Å². The van der Waals surface area contributed by atoms with Crippen LogP contribution in [0.4, 0.5) is 5.69 Å². The van der Waals surface area contributed by atoms with Crippen LogP contribution < -0.4 is 10.1 Å². The van der Waals surface area contributed by atoms with Gasteiger partial charge in [0.25, 0.3) is 0 Å². The molecular weight excluding hydrogens is 234 g/mol. The van der Waals surface area contributed by atoms with Gasteiger partial charge in [0.1, 0.15) is 5.75 Å². The molecule has 0 spiro atoms. The van der Waals surface area contributed by atoms with E-state index in [4.69, 9.17) is 9.47 Å². The van der Waals surface area contributed by atoms with Crippen LogP contribution in [0.1, 0.15) is 0 Å². The molecule has 3 nitrogen and oxygen atoms in total. The van der Waals surface area contributed by atoms with E-state index in [0.717, 1.165) is 15.9 Å². The SMILES string of the molecule is CNc1ccc(Br)c(OCOC)c1. The third-order valence-electron chi connectivity index (χ3n) is 1.55. The second kappa shape index (κ2) is 5.09. The molecule has 72 valence electrons. The Morgan fingerprint density at radius 2 is 2.23 bits per heavy atom. The van der Waals surface area contributed by atoms with Crippen LogP contribution in [0, 0.1) is 0 Å². The molecule has 0 radical (unpaired) electrons. The maximum Gasteiger partial charge on any atom is 0.188 e. The minimum Gasteiger partial charge on any atom is -0.466 e. The highest BCUT2D eigenvalue weighted by Gasteiger charge is 2.01. The fraction of sp³-hybridized carbons (Fsp3) is 0.333. The summed E-state index contributed by atoms with van der Waals surface area (Å²) in [5, 5.41) is 3.03. The molecule has 4 heteroatoms. The molecule has 0 aliphatic rings. The van der Waals surface area contributed by atoms with Crippen LogP contribution >= 0.6 is 15.9 Å². The number of nitrogens with one attached hydrogen (secondary N) is 1. The van der Waals surface area contributed by atoms with E-state index >= 15 is 0 Å². The lowest BCUT2D eigenvalue weighted by Crippen LogP contribution is -2.00. The van der Waals surface area contributed by atoms with Crippen molar-refractivity contribution in [2.24, 2.45) is 0 Å². The molecule has 0 saturated carbocycles. The molecule has 0 heterocycles. The van der Waals surface area contributed by atoms with Crippen molar-refractivity contribution in [1.82, 2.24) is 0 Å². The number of benzene rings is 1. The van der Waals surface area contributed by atoms with Crippen LogP contribution in [-0.4, -0.2) is 21.0 Å². The van der Waals surface area contributed by atoms with Crippen LogP contribution in [0.15, 0.2) is 22.7 Å². The molecule has 1 aromatic carbocycles. The maximum atomic E-state index is 5.32.